The zero-order valence-electron chi connectivity index (χ0n) is 18.6. The van der Waals surface area contributed by atoms with Crippen molar-refractivity contribution in [1.82, 2.24) is 15.2 Å². The van der Waals surface area contributed by atoms with Gasteiger partial charge >= 0.3 is 0 Å². The molecular formula is C28H21ClFN3O2. The van der Waals surface area contributed by atoms with Crippen LogP contribution in [0.4, 0.5) is 4.39 Å². The Kier molecular flexibility index (Phi) is 6.29. The number of halogens is 2. The fourth-order valence-electron chi connectivity index (χ4n) is 4.46. The van der Waals surface area contributed by atoms with Crippen LogP contribution in [0.15, 0.2) is 97.3 Å². The standard InChI is InChI=1S/C28H21ClFN3O2/c29-21-9-7-19(8-10-21)25(20-13-15-31-16-14-20)33-26(23-3-1-2-4-24(23)28(33)35)27(34)32-17-18-5-11-22(30)12-6-18/h1-16,25-26H,17H2,(H,32,34). The molecule has 2 heterocycles. The van der Waals surface area contributed by atoms with Crippen molar-refractivity contribution in [3.8, 4) is 0 Å². The van der Waals surface area contributed by atoms with Gasteiger partial charge in [0.05, 0.1) is 6.04 Å². The van der Waals surface area contributed by atoms with Crippen LogP contribution >= 0.6 is 11.6 Å². The average Bonchev–Trinajstić information content (AvgIpc) is 3.18. The average molecular weight is 486 g/mol. The van der Waals surface area contributed by atoms with Crippen LogP contribution < -0.4 is 5.32 Å². The molecule has 35 heavy (non-hydrogen) atoms. The summed E-state index contributed by atoms with van der Waals surface area (Å²) in [5.41, 5.74) is 3.52. The monoisotopic (exact) mass is 485 g/mol. The normalized spacial score (nSPS) is 15.5. The Morgan fingerprint density at radius 2 is 1.60 bits per heavy atom. The third kappa shape index (κ3) is 4.53. The van der Waals surface area contributed by atoms with Gasteiger partial charge in [-0.1, -0.05) is 54.1 Å². The second-order valence-corrected chi connectivity index (χ2v) is 8.72. The van der Waals surface area contributed by atoms with E-state index in [1.54, 1.807) is 59.8 Å². The fraction of sp³-hybridized carbons (Fsp3) is 0.107. The Bertz CT molecular complexity index is 1360. The summed E-state index contributed by atoms with van der Waals surface area (Å²) in [5.74, 6) is -0.898. The van der Waals surface area contributed by atoms with Crippen LogP contribution in [-0.2, 0) is 11.3 Å². The topological polar surface area (TPSA) is 62.3 Å². The van der Waals surface area contributed by atoms with Crippen LogP contribution in [0.5, 0.6) is 0 Å². The Morgan fingerprint density at radius 1 is 0.943 bits per heavy atom. The van der Waals surface area contributed by atoms with E-state index >= 15 is 0 Å². The molecule has 1 aromatic heterocycles. The first kappa shape index (κ1) is 22.7. The number of carbonyl (C=O) groups is 2. The number of benzene rings is 3. The van der Waals surface area contributed by atoms with Crippen molar-refractivity contribution in [3.05, 3.63) is 136 Å². The van der Waals surface area contributed by atoms with Gasteiger partial charge in [0.2, 0.25) is 5.91 Å². The number of carbonyl (C=O) groups excluding carboxylic acids is 2. The summed E-state index contributed by atoms with van der Waals surface area (Å²) in [7, 11) is 0. The fourth-order valence-corrected chi connectivity index (χ4v) is 4.59. The molecule has 4 aromatic rings. The first-order valence-electron chi connectivity index (χ1n) is 11.1. The molecule has 2 amide bonds. The van der Waals surface area contributed by atoms with Crippen LogP contribution in [0.25, 0.3) is 0 Å². The highest BCUT2D eigenvalue weighted by molar-refractivity contribution is 6.30. The van der Waals surface area contributed by atoms with Crippen LogP contribution in [0.1, 0.15) is 44.7 Å². The van der Waals surface area contributed by atoms with Gasteiger partial charge in [-0.2, -0.15) is 0 Å². The van der Waals surface area contributed by atoms with Gasteiger partial charge in [-0.15, -0.1) is 0 Å². The summed E-state index contributed by atoms with van der Waals surface area (Å²) in [6.07, 6.45) is 3.32. The predicted octanol–water partition coefficient (Wildman–Crippen LogP) is 5.48. The molecule has 2 unspecified atom stereocenters. The highest BCUT2D eigenvalue weighted by Gasteiger charge is 2.45. The smallest absolute Gasteiger partial charge is 0.255 e. The Morgan fingerprint density at radius 3 is 2.31 bits per heavy atom. The van der Waals surface area contributed by atoms with E-state index in [1.165, 1.54) is 12.1 Å². The summed E-state index contributed by atoms with van der Waals surface area (Å²) >= 11 is 6.13. The Balaban J connectivity index is 1.56. The van der Waals surface area contributed by atoms with Gasteiger partial charge in [-0.3, -0.25) is 14.6 Å². The summed E-state index contributed by atoms with van der Waals surface area (Å²) in [5, 5.41) is 3.51. The maximum Gasteiger partial charge on any atom is 0.255 e. The number of rotatable bonds is 6. The van der Waals surface area contributed by atoms with Crippen LogP contribution in [0, 0.1) is 5.82 Å². The largest absolute Gasteiger partial charge is 0.350 e. The lowest BCUT2D eigenvalue weighted by atomic mass is 9.96. The molecular weight excluding hydrogens is 465 g/mol. The third-order valence-corrected chi connectivity index (χ3v) is 6.36. The van der Waals surface area contributed by atoms with Gasteiger partial charge in [0, 0.05) is 29.5 Å². The van der Waals surface area contributed by atoms with Crippen molar-refractivity contribution in [2.24, 2.45) is 0 Å². The highest BCUT2D eigenvalue weighted by atomic mass is 35.5. The van der Waals surface area contributed by atoms with Crippen LogP contribution in [0.3, 0.4) is 0 Å². The molecule has 1 aliphatic heterocycles. The summed E-state index contributed by atoms with van der Waals surface area (Å²) < 4.78 is 13.3. The summed E-state index contributed by atoms with van der Waals surface area (Å²) in [4.78, 5) is 33.1. The van der Waals surface area contributed by atoms with Gasteiger partial charge in [-0.05, 0) is 64.7 Å². The Labute approximate surface area is 207 Å². The molecule has 3 aromatic carbocycles. The van der Waals surface area contributed by atoms with Gasteiger partial charge in [0.1, 0.15) is 11.9 Å². The number of nitrogens with zero attached hydrogens (tertiary/aromatic N) is 2. The van der Waals surface area contributed by atoms with Gasteiger partial charge in [0.25, 0.3) is 5.91 Å². The molecule has 174 valence electrons. The van der Waals surface area contributed by atoms with E-state index in [4.69, 9.17) is 11.6 Å². The summed E-state index contributed by atoms with van der Waals surface area (Å²) in [6.45, 7) is 0.209. The quantitative estimate of drug-likeness (QED) is 0.393. The molecule has 0 saturated carbocycles. The lowest BCUT2D eigenvalue weighted by Crippen LogP contribution is -2.41. The molecule has 0 aliphatic carbocycles. The minimum absolute atomic E-state index is 0.209. The lowest BCUT2D eigenvalue weighted by Gasteiger charge is -2.33. The van der Waals surface area contributed by atoms with Gasteiger partial charge in [0.15, 0.2) is 0 Å². The van der Waals surface area contributed by atoms with Crippen LogP contribution in [0.2, 0.25) is 5.02 Å². The van der Waals surface area contributed by atoms with Crippen molar-refractivity contribution in [1.29, 1.82) is 0 Å². The van der Waals surface area contributed by atoms with E-state index in [1.807, 2.05) is 30.3 Å². The first-order chi connectivity index (χ1) is 17.0. The second kappa shape index (κ2) is 9.68. The number of nitrogens with one attached hydrogen (secondary N) is 1. The van der Waals surface area contributed by atoms with E-state index in [9.17, 15) is 14.0 Å². The minimum atomic E-state index is -0.854. The molecule has 2 atom stereocenters. The third-order valence-electron chi connectivity index (χ3n) is 6.11. The number of fused-ring (bicyclic) bond motifs is 1. The molecule has 0 saturated heterocycles. The molecule has 0 bridgehead atoms. The van der Waals surface area contributed by atoms with E-state index in [2.05, 4.69) is 10.3 Å². The molecule has 1 aliphatic rings. The molecule has 0 fully saturated rings. The van der Waals surface area contributed by atoms with Crippen LogP contribution in [-0.4, -0.2) is 21.7 Å². The number of hydrogen-bond acceptors (Lipinski definition) is 3. The van der Waals surface area contributed by atoms with Crippen molar-refractivity contribution in [2.75, 3.05) is 0 Å². The molecule has 0 spiro atoms. The maximum atomic E-state index is 13.7. The zero-order valence-corrected chi connectivity index (χ0v) is 19.3. The number of aromatic nitrogens is 1. The first-order valence-corrected chi connectivity index (χ1v) is 11.5. The van der Waals surface area contributed by atoms with Gasteiger partial charge in [-0.25, -0.2) is 4.39 Å². The van der Waals surface area contributed by atoms with Crippen molar-refractivity contribution < 1.29 is 14.0 Å². The molecule has 5 rings (SSSR count). The Hall–Kier alpha value is -4.03. The van der Waals surface area contributed by atoms with E-state index < -0.39 is 12.1 Å². The highest BCUT2D eigenvalue weighted by Crippen LogP contribution is 2.43. The minimum Gasteiger partial charge on any atom is -0.350 e. The van der Waals surface area contributed by atoms with E-state index in [-0.39, 0.29) is 24.2 Å². The SMILES string of the molecule is O=C(NCc1ccc(F)cc1)C1c2ccccc2C(=O)N1C(c1ccncc1)c1ccc(Cl)cc1. The van der Waals surface area contributed by atoms with Crippen molar-refractivity contribution >= 4 is 23.4 Å². The molecule has 7 heteroatoms. The van der Waals surface area contributed by atoms with Crippen molar-refractivity contribution in [2.45, 2.75) is 18.6 Å². The number of amides is 2. The van der Waals surface area contributed by atoms with Gasteiger partial charge < -0.3 is 10.2 Å². The summed E-state index contributed by atoms with van der Waals surface area (Å²) in [6, 6.07) is 22.6. The molecule has 5 nitrogen and oxygen atoms in total. The number of pyridine rings is 1. The second-order valence-electron chi connectivity index (χ2n) is 8.28. The molecule has 0 radical (unpaired) electrons. The zero-order chi connectivity index (χ0) is 24.4. The lowest BCUT2D eigenvalue weighted by molar-refractivity contribution is -0.126. The van der Waals surface area contributed by atoms with E-state index in [0.717, 1.165) is 16.7 Å². The van der Waals surface area contributed by atoms with E-state index in [0.29, 0.717) is 16.1 Å². The maximum absolute atomic E-state index is 13.7. The number of hydrogen-bond donors (Lipinski definition) is 1. The van der Waals surface area contributed by atoms with Crippen molar-refractivity contribution in [3.63, 3.8) is 0 Å². The predicted molar refractivity (Wildman–Crippen MR) is 131 cm³/mol. The molecule has 1 N–H and O–H groups in total.